The normalized spacial score (nSPS) is 22.7. The van der Waals surface area contributed by atoms with Crippen LogP contribution < -0.4 is 5.32 Å². The van der Waals surface area contributed by atoms with E-state index in [2.05, 4.69) is 15.1 Å². The third-order valence-electron chi connectivity index (χ3n) is 5.20. The van der Waals surface area contributed by atoms with E-state index >= 15 is 0 Å². The number of halogens is 2. The van der Waals surface area contributed by atoms with Gasteiger partial charge in [0.2, 0.25) is 5.91 Å². The van der Waals surface area contributed by atoms with Crippen LogP contribution in [-0.2, 0) is 4.79 Å². The average molecular weight is 351 g/mol. The monoisotopic (exact) mass is 351 g/mol. The number of amides is 1. The van der Waals surface area contributed by atoms with E-state index in [9.17, 15) is 13.6 Å². The lowest BCUT2D eigenvalue weighted by atomic mass is 10.0. The molecule has 0 aliphatic carbocycles. The van der Waals surface area contributed by atoms with Gasteiger partial charge in [-0.2, -0.15) is 0 Å². The number of piperidine rings is 2. The summed E-state index contributed by atoms with van der Waals surface area (Å²) in [6.45, 7) is 5.05. The molecule has 2 aliphatic heterocycles. The Kier molecular flexibility index (Phi) is 6.37. The van der Waals surface area contributed by atoms with Crippen molar-refractivity contribution in [3.8, 4) is 0 Å². The number of rotatable bonds is 5. The second-order valence-corrected chi connectivity index (χ2v) is 7.10. The van der Waals surface area contributed by atoms with Gasteiger partial charge in [0, 0.05) is 24.8 Å². The van der Waals surface area contributed by atoms with E-state index in [1.165, 1.54) is 19.3 Å². The number of likely N-dealkylation sites (tertiary alicyclic amines) is 2. The van der Waals surface area contributed by atoms with Gasteiger partial charge in [-0.05, 0) is 57.5 Å². The summed E-state index contributed by atoms with van der Waals surface area (Å²) in [6, 6.07) is 2.90. The van der Waals surface area contributed by atoms with E-state index in [0.29, 0.717) is 0 Å². The zero-order valence-corrected chi connectivity index (χ0v) is 14.6. The van der Waals surface area contributed by atoms with Crippen LogP contribution in [-0.4, -0.2) is 54.5 Å². The first-order chi connectivity index (χ1) is 12.1. The third kappa shape index (κ3) is 5.22. The quantitative estimate of drug-likeness (QED) is 0.885. The van der Waals surface area contributed by atoms with Crippen LogP contribution in [0.1, 0.15) is 38.5 Å². The van der Waals surface area contributed by atoms with Gasteiger partial charge in [0.15, 0.2) is 0 Å². The molecule has 0 spiro atoms. The Morgan fingerprint density at radius 2 is 1.64 bits per heavy atom. The lowest BCUT2D eigenvalue weighted by Crippen LogP contribution is -2.50. The zero-order valence-electron chi connectivity index (χ0n) is 14.6. The van der Waals surface area contributed by atoms with Gasteiger partial charge in [0.1, 0.15) is 11.6 Å². The Bertz CT molecular complexity index is 570. The van der Waals surface area contributed by atoms with Crippen molar-refractivity contribution in [3.63, 3.8) is 0 Å². The molecule has 0 saturated carbocycles. The molecule has 2 fully saturated rings. The predicted octanol–water partition coefficient (Wildman–Crippen LogP) is 3.24. The summed E-state index contributed by atoms with van der Waals surface area (Å²) < 4.78 is 26.6. The Balaban J connectivity index is 1.58. The van der Waals surface area contributed by atoms with Crippen molar-refractivity contribution in [1.29, 1.82) is 0 Å². The molecule has 2 saturated heterocycles. The largest absolute Gasteiger partial charge is 0.325 e. The van der Waals surface area contributed by atoms with Crippen LogP contribution in [0.25, 0.3) is 0 Å². The number of carbonyl (C=O) groups excluding carboxylic acids is 1. The summed E-state index contributed by atoms with van der Waals surface area (Å²) in [5.41, 5.74) is 0.184. The average Bonchev–Trinajstić information content (AvgIpc) is 2.60. The van der Waals surface area contributed by atoms with Gasteiger partial charge >= 0.3 is 0 Å². The summed E-state index contributed by atoms with van der Waals surface area (Å²) in [5, 5.41) is 2.69. The summed E-state index contributed by atoms with van der Waals surface area (Å²) in [5.74, 6) is -1.52. The fraction of sp³-hybridized carbons (Fsp3) is 0.632. The molecule has 0 aromatic heterocycles. The summed E-state index contributed by atoms with van der Waals surface area (Å²) in [4.78, 5) is 17.3. The molecule has 0 radical (unpaired) electrons. The number of nitrogens with zero attached hydrogens (tertiary/aromatic N) is 2. The van der Waals surface area contributed by atoms with Gasteiger partial charge in [0.05, 0.1) is 6.04 Å². The minimum absolute atomic E-state index is 0.164. The predicted molar refractivity (Wildman–Crippen MR) is 94.5 cm³/mol. The second kappa shape index (κ2) is 8.72. The first-order valence-electron chi connectivity index (χ1n) is 9.35. The first-order valence-corrected chi connectivity index (χ1v) is 9.35. The molecule has 6 heteroatoms. The Labute approximate surface area is 148 Å². The maximum Gasteiger partial charge on any atom is 0.241 e. The van der Waals surface area contributed by atoms with Crippen molar-refractivity contribution in [2.24, 2.45) is 0 Å². The highest BCUT2D eigenvalue weighted by Gasteiger charge is 2.29. The number of nitrogens with one attached hydrogen (secondary N) is 1. The van der Waals surface area contributed by atoms with Crippen molar-refractivity contribution < 1.29 is 13.6 Å². The molecule has 0 bridgehead atoms. The van der Waals surface area contributed by atoms with Crippen molar-refractivity contribution in [3.05, 3.63) is 29.8 Å². The molecule has 1 atom stereocenters. The van der Waals surface area contributed by atoms with Gasteiger partial charge in [0.25, 0.3) is 0 Å². The van der Waals surface area contributed by atoms with Crippen LogP contribution in [0.5, 0.6) is 0 Å². The van der Waals surface area contributed by atoms with Crippen LogP contribution in [0.4, 0.5) is 14.5 Å². The van der Waals surface area contributed by atoms with E-state index in [1.54, 1.807) is 0 Å². The van der Waals surface area contributed by atoms with Gasteiger partial charge < -0.3 is 10.2 Å². The topological polar surface area (TPSA) is 35.6 Å². The molecular weight excluding hydrogens is 324 g/mol. The van der Waals surface area contributed by atoms with E-state index in [4.69, 9.17) is 0 Å². The van der Waals surface area contributed by atoms with Crippen molar-refractivity contribution >= 4 is 11.6 Å². The van der Waals surface area contributed by atoms with Crippen LogP contribution in [0.3, 0.4) is 0 Å². The van der Waals surface area contributed by atoms with E-state index in [1.807, 2.05) is 0 Å². The number of benzene rings is 1. The molecule has 2 heterocycles. The second-order valence-electron chi connectivity index (χ2n) is 7.10. The Morgan fingerprint density at radius 1 is 0.960 bits per heavy atom. The summed E-state index contributed by atoms with van der Waals surface area (Å²) in [7, 11) is 0. The summed E-state index contributed by atoms with van der Waals surface area (Å²) >= 11 is 0. The fourth-order valence-electron chi connectivity index (χ4n) is 3.86. The highest BCUT2D eigenvalue weighted by Crippen LogP contribution is 2.20. The molecular formula is C19H27F2N3O. The maximum atomic E-state index is 13.3. The molecule has 3 rings (SSSR count). The number of hydrogen-bond donors (Lipinski definition) is 1. The van der Waals surface area contributed by atoms with E-state index in [0.717, 1.165) is 70.2 Å². The minimum Gasteiger partial charge on any atom is -0.325 e. The molecule has 1 aromatic carbocycles. The molecule has 2 aliphatic rings. The van der Waals surface area contributed by atoms with Crippen molar-refractivity contribution in [2.45, 2.75) is 44.6 Å². The maximum absolute atomic E-state index is 13.3. The molecule has 138 valence electrons. The number of carbonyl (C=O) groups is 1. The van der Waals surface area contributed by atoms with Gasteiger partial charge in [-0.15, -0.1) is 0 Å². The molecule has 4 nitrogen and oxygen atoms in total. The number of anilines is 1. The van der Waals surface area contributed by atoms with Crippen LogP contribution in [0.2, 0.25) is 0 Å². The van der Waals surface area contributed by atoms with E-state index < -0.39 is 11.6 Å². The smallest absolute Gasteiger partial charge is 0.241 e. The summed E-state index contributed by atoms with van der Waals surface area (Å²) in [6.07, 6.45) is 6.73. The van der Waals surface area contributed by atoms with Crippen LogP contribution >= 0.6 is 0 Å². The standard InChI is InChI=1S/C19H27F2N3O/c20-15-12-16(21)14-17(13-15)22-19(25)18-6-2-5-9-24(18)11-10-23-7-3-1-4-8-23/h12-14,18H,1-11H2,(H,22,25). The number of hydrogen-bond acceptors (Lipinski definition) is 3. The molecule has 1 unspecified atom stereocenters. The minimum atomic E-state index is -0.680. The van der Waals surface area contributed by atoms with Gasteiger partial charge in [-0.25, -0.2) is 8.78 Å². The third-order valence-corrected chi connectivity index (χ3v) is 5.20. The van der Waals surface area contributed by atoms with Crippen LogP contribution in [0.15, 0.2) is 18.2 Å². The SMILES string of the molecule is O=C(Nc1cc(F)cc(F)c1)C1CCCCN1CCN1CCCCC1. The zero-order chi connectivity index (χ0) is 17.6. The lowest BCUT2D eigenvalue weighted by Gasteiger charge is -2.36. The molecule has 1 amide bonds. The molecule has 25 heavy (non-hydrogen) atoms. The highest BCUT2D eigenvalue weighted by molar-refractivity contribution is 5.94. The molecule has 1 N–H and O–H groups in total. The van der Waals surface area contributed by atoms with Crippen molar-refractivity contribution in [1.82, 2.24) is 9.80 Å². The Hall–Kier alpha value is -1.53. The van der Waals surface area contributed by atoms with E-state index in [-0.39, 0.29) is 17.6 Å². The van der Waals surface area contributed by atoms with Gasteiger partial charge in [-0.3, -0.25) is 9.69 Å². The lowest BCUT2D eigenvalue weighted by molar-refractivity contribution is -0.122. The van der Waals surface area contributed by atoms with Crippen LogP contribution in [0, 0.1) is 11.6 Å². The highest BCUT2D eigenvalue weighted by atomic mass is 19.1. The Morgan fingerprint density at radius 3 is 2.36 bits per heavy atom. The first kappa shape index (κ1) is 18.3. The fourth-order valence-corrected chi connectivity index (χ4v) is 3.86. The molecule has 1 aromatic rings. The van der Waals surface area contributed by atoms with Gasteiger partial charge in [-0.1, -0.05) is 12.8 Å². The van der Waals surface area contributed by atoms with Crippen molar-refractivity contribution in [2.75, 3.05) is 38.0 Å².